The first-order valence-corrected chi connectivity index (χ1v) is 13.4. The number of anilines is 1. The van der Waals surface area contributed by atoms with Gasteiger partial charge in [-0.15, -0.1) is 0 Å². The Morgan fingerprint density at radius 3 is 2.18 bits per heavy atom. The molecule has 39 heavy (non-hydrogen) atoms. The summed E-state index contributed by atoms with van der Waals surface area (Å²) in [7, 11) is 0. The van der Waals surface area contributed by atoms with E-state index >= 15 is 0 Å². The van der Waals surface area contributed by atoms with Crippen molar-refractivity contribution in [1.82, 2.24) is 16.0 Å². The SMILES string of the molecule is CCOC(=O)CCCCCC(=O)N[C@H](C(=O)N[C@@H](CCCNC(N)=O)C(=O)Nc1ccc(CO)cc1)C(C)C. The van der Waals surface area contributed by atoms with E-state index in [9.17, 15) is 29.1 Å². The van der Waals surface area contributed by atoms with Crippen molar-refractivity contribution >= 4 is 35.4 Å². The van der Waals surface area contributed by atoms with Crippen molar-refractivity contribution in [3.8, 4) is 0 Å². The van der Waals surface area contributed by atoms with Gasteiger partial charge in [-0.25, -0.2) is 4.79 Å². The summed E-state index contributed by atoms with van der Waals surface area (Å²) >= 11 is 0. The molecule has 1 rings (SSSR count). The van der Waals surface area contributed by atoms with E-state index in [0.29, 0.717) is 50.0 Å². The highest BCUT2D eigenvalue weighted by molar-refractivity contribution is 5.98. The zero-order valence-corrected chi connectivity index (χ0v) is 23.1. The van der Waals surface area contributed by atoms with Crippen LogP contribution < -0.4 is 27.0 Å². The van der Waals surface area contributed by atoms with Crippen LogP contribution in [-0.4, -0.2) is 60.1 Å². The number of hydrogen-bond acceptors (Lipinski definition) is 7. The van der Waals surface area contributed by atoms with Gasteiger partial charge in [-0.2, -0.15) is 0 Å². The Balaban J connectivity index is 2.74. The number of amides is 5. The highest BCUT2D eigenvalue weighted by Gasteiger charge is 2.28. The average Bonchev–Trinajstić information content (AvgIpc) is 2.88. The number of ether oxygens (including phenoxy) is 1. The minimum Gasteiger partial charge on any atom is -0.466 e. The molecule has 0 fully saturated rings. The summed E-state index contributed by atoms with van der Waals surface area (Å²) in [4.78, 5) is 61.1. The molecule has 0 radical (unpaired) electrons. The topological polar surface area (TPSA) is 189 Å². The Hall–Kier alpha value is -3.67. The van der Waals surface area contributed by atoms with Gasteiger partial charge in [-0.05, 0) is 56.2 Å². The lowest BCUT2D eigenvalue weighted by atomic mass is 10.0. The molecule has 0 saturated heterocycles. The number of aliphatic hydroxyl groups excluding tert-OH is 1. The molecule has 0 aromatic heterocycles. The Labute approximate surface area is 229 Å². The van der Waals surface area contributed by atoms with Crippen LogP contribution in [0.3, 0.4) is 0 Å². The number of rotatable bonds is 18. The second kappa shape index (κ2) is 18.6. The van der Waals surface area contributed by atoms with Crippen molar-refractivity contribution in [2.45, 2.75) is 84.4 Å². The Morgan fingerprint density at radius 2 is 1.59 bits per heavy atom. The number of carbonyl (C=O) groups excluding carboxylic acids is 5. The van der Waals surface area contributed by atoms with Crippen molar-refractivity contribution in [2.24, 2.45) is 11.7 Å². The first-order chi connectivity index (χ1) is 18.6. The van der Waals surface area contributed by atoms with Gasteiger partial charge in [-0.3, -0.25) is 19.2 Å². The molecule has 0 aliphatic heterocycles. The number of esters is 1. The highest BCUT2D eigenvalue weighted by Crippen LogP contribution is 2.12. The van der Waals surface area contributed by atoms with Crippen LogP contribution in [0.15, 0.2) is 24.3 Å². The van der Waals surface area contributed by atoms with Crippen molar-refractivity contribution < 1.29 is 33.8 Å². The van der Waals surface area contributed by atoms with Crippen LogP contribution in [-0.2, 0) is 30.5 Å². The fourth-order valence-electron chi connectivity index (χ4n) is 3.72. The standard InChI is InChI=1S/C27H43N5O7/c1-4-39-23(35)11-7-5-6-10-22(34)32-24(18(2)3)26(37)31-21(9-8-16-29-27(28)38)25(36)30-20-14-12-19(17-33)13-15-20/h12-15,18,21,24,33H,4-11,16-17H2,1-3H3,(H,30,36)(H,31,37)(H,32,34)(H3,28,29,38)/t21-,24-/m0/s1. The van der Waals surface area contributed by atoms with Crippen molar-refractivity contribution in [2.75, 3.05) is 18.5 Å². The maximum Gasteiger partial charge on any atom is 0.312 e. The van der Waals surface area contributed by atoms with Gasteiger partial charge in [0.15, 0.2) is 0 Å². The summed E-state index contributed by atoms with van der Waals surface area (Å²) in [5.41, 5.74) is 6.27. The summed E-state index contributed by atoms with van der Waals surface area (Å²) in [5, 5.41) is 19.9. The zero-order valence-electron chi connectivity index (χ0n) is 23.1. The van der Waals surface area contributed by atoms with E-state index in [-0.39, 0.29) is 43.8 Å². The number of nitrogens with one attached hydrogen (secondary N) is 4. The van der Waals surface area contributed by atoms with E-state index in [1.54, 1.807) is 45.0 Å². The fraction of sp³-hybridized carbons (Fsp3) is 0.593. The molecule has 0 spiro atoms. The van der Waals surface area contributed by atoms with Crippen LogP contribution in [0, 0.1) is 5.92 Å². The molecule has 2 atom stereocenters. The molecular formula is C27H43N5O7. The quantitative estimate of drug-likeness (QED) is 0.119. The minimum atomic E-state index is -0.939. The number of unbranched alkanes of at least 4 members (excludes halogenated alkanes) is 2. The normalized spacial score (nSPS) is 12.2. The van der Waals surface area contributed by atoms with Gasteiger partial charge in [0.25, 0.3) is 0 Å². The third kappa shape index (κ3) is 14.2. The minimum absolute atomic E-state index is 0.129. The van der Waals surface area contributed by atoms with Gasteiger partial charge in [-0.1, -0.05) is 32.4 Å². The summed E-state index contributed by atoms with van der Waals surface area (Å²) in [5.74, 6) is -1.77. The first kappa shape index (κ1) is 33.4. The second-order valence-electron chi connectivity index (χ2n) is 9.49. The first-order valence-electron chi connectivity index (χ1n) is 13.4. The van der Waals surface area contributed by atoms with Crippen LogP contribution >= 0.6 is 0 Å². The zero-order chi connectivity index (χ0) is 29.2. The lowest BCUT2D eigenvalue weighted by molar-refractivity contribution is -0.143. The molecule has 0 unspecified atom stereocenters. The smallest absolute Gasteiger partial charge is 0.312 e. The van der Waals surface area contributed by atoms with Crippen LogP contribution in [0.25, 0.3) is 0 Å². The molecule has 0 aliphatic rings. The van der Waals surface area contributed by atoms with E-state index in [0.717, 1.165) is 0 Å². The van der Waals surface area contributed by atoms with E-state index in [4.69, 9.17) is 10.5 Å². The highest BCUT2D eigenvalue weighted by atomic mass is 16.5. The summed E-state index contributed by atoms with van der Waals surface area (Å²) in [6.45, 7) is 5.76. The van der Waals surface area contributed by atoms with E-state index in [1.165, 1.54) is 0 Å². The molecule has 0 aliphatic carbocycles. The lowest BCUT2D eigenvalue weighted by Gasteiger charge is -2.25. The molecule has 12 heteroatoms. The van der Waals surface area contributed by atoms with Gasteiger partial charge < -0.3 is 36.8 Å². The summed E-state index contributed by atoms with van der Waals surface area (Å²) in [6.07, 6.45) is 2.93. The summed E-state index contributed by atoms with van der Waals surface area (Å²) < 4.78 is 4.88. The van der Waals surface area contributed by atoms with E-state index in [1.807, 2.05) is 0 Å². The molecule has 218 valence electrons. The molecule has 0 saturated carbocycles. The molecule has 5 amide bonds. The van der Waals surface area contributed by atoms with Crippen LogP contribution in [0.1, 0.15) is 71.3 Å². The number of carbonyl (C=O) groups is 5. The predicted molar refractivity (Wildman–Crippen MR) is 146 cm³/mol. The van der Waals surface area contributed by atoms with Crippen LogP contribution in [0.4, 0.5) is 10.5 Å². The Kier molecular flexibility index (Phi) is 15.9. The van der Waals surface area contributed by atoms with Gasteiger partial charge in [0, 0.05) is 25.1 Å². The molecule has 1 aromatic rings. The van der Waals surface area contributed by atoms with Gasteiger partial charge >= 0.3 is 12.0 Å². The van der Waals surface area contributed by atoms with Gasteiger partial charge in [0.2, 0.25) is 17.7 Å². The number of aliphatic hydroxyl groups is 1. The van der Waals surface area contributed by atoms with Gasteiger partial charge in [0.05, 0.1) is 13.2 Å². The lowest BCUT2D eigenvalue weighted by Crippen LogP contribution is -2.54. The maximum absolute atomic E-state index is 13.1. The van der Waals surface area contributed by atoms with Crippen molar-refractivity contribution in [3.05, 3.63) is 29.8 Å². The number of benzene rings is 1. The third-order valence-electron chi connectivity index (χ3n) is 5.86. The molecule has 0 heterocycles. The molecule has 7 N–H and O–H groups in total. The van der Waals surface area contributed by atoms with Crippen molar-refractivity contribution in [1.29, 1.82) is 0 Å². The third-order valence-corrected chi connectivity index (χ3v) is 5.86. The summed E-state index contributed by atoms with van der Waals surface area (Å²) in [6, 6.07) is 4.13. The van der Waals surface area contributed by atoms with Gasteiger partial charge in [0.1, 0.15) is 12.1 Å². The van der Waals surface area contributed by atoms with E-state index in [2.05, 4.69) is 21.3 Å². The fourth-order valence-corrected chi connectivity index (χ4v) is 3.72. The monoisotopic (exact) mass is 549 g/mol. The molecule has 0 bridgehead atoms. The van der Waals surface area contributed by atoms with E-state index < -0.39 is 29.9 Å². The second-order valence-corrected chi connectivity index (χ2v) is 9.49. The predicted octanol–water partition coefficient (Wildman–Crippen LogP) is 1.71. The molecular weight excluding hydrogens is 506 g/mol. The molecule has 1 aromatic carbocycles. The number of hydrogen-bond donors (Lipinski definition) is 6. The van der Waals surface area contributed by atoms with Crippen LogP contribution in [0.5, 0.6) is 0 Å². The number of urea groups is 1. The molecule has 12 nitrogen and oxygen atoms in total. The van der Waals surface area contributed by atoms with Crippen molar-refractivity contribution in [3.63, 3.8) is 0 Å². The Morgan fingerprint density at radius 1 is 0.923 bits per heavy atom. The Bertz CT molecular complexity index is 937. The number of nitrogens with two attached hydrogens (primary N) is 1. The maximum atomic E-state index is 13.1. The number of primary amides is 1. The average molecular weight is 550 g/mol. The van der Waals surface area contributed by atoms with Crippen LogP contribution in [0.2, 0.25) is 0 Å². The largest absolute Gasteiger partial charge is 0.466 e.